The number of aliphatic carboxylic acids is 1. The van der Waals surface area contributed by atoms with Crippen molar-refractivity contribution >= 4 is 23.5 Å². The summed E-state index contributed by atoms with van der Waals surface area (Å²) in [5.74, 6) is 1.90. The average molecular weight is 542 g/mol. The van der Waals surface area contributed by atoms with Crippen LogP contribution in [0.5, 0.6) is 0 Å². The van der Waals surface area contributed by atoms with Crippen molar-refractivity contribution in [1.82, 2.24) is 10.6 Å². The molecule has 9 heteroatoms. The number of amides is 2. The fourth-order valence-corrected chi connectivity index (χ4v) is 8.09. The lowest BCUT2D eigenvalue weighted by Crippen LogP contribution is -2.54. The van der Waals surface area contributed by atoms with E-state index in [0.717, 1.165) is 50.7 Å². The quantitative estimate of drug-likeness (QED) is 0.275. The molecule has 3 saturated carbocycles. The van der Waals surface area contributed by atoms with Gasteiger partial charge >= 0.3 is 5.97 Å². The van der Waals surface area contributed by atoms with Gasteiger partial charge in [0.1, 0.15) is 18.2 Å². The average Bonchev–Trinajstić information content (AvgIpc) is 3.16. The van der Waals surface area contributed by atoms with Crippen LogP contribution >= 0.6 is 0 Å². The predicted octanol–water partition coefficient (Wildman–Crippen LogP) is 3.03. The van der Waals surface area contributed by atoms with Gasteiger partial charge in [0.05, 0.1) is 5.71 Å². The zero-order valence-corrected chi connectivity index (χ0v) is 23.6. The monoisotopic (exact) mass is 541 g/mol. The largest absolute Gasteiger partial charge is 0.480 e. The highest BCUT2D eigenvalue weighted by atomic mass is 16.6. The summed E-state index contributed by atoms with van der Waals surface area (Å²) in [7, 11) is 0. The molecular formula is C30H43N3O6. The van der Waals surface area contributed by atoms with Crippen LogP contribution in [0.25, 0.3) is 0 Å². The summed E-state index contributed by atoms with van der Waals surface area (Å²) in [4.78, 5) is 40.8. The van der Waals surface area contributed by atoms with E-state index in [9.17, 15) is 19.5 Å². The molecule has 0 spiro atoms. The summed E-state index contributed by atoms with van der Waals surface area (Å²) in [6.45, 7) is 7.28. The second-order valence-electron chi connectivity index (χ2n) is 12.8. The molecule has 4 unspecified atom stereocenters. The molecule has 9 nitrogen and oxygen atoms in total. The van der Waals surface area contributed by atoms with Gasteiger partial charge in [-0.05, 0) is 86.5 Å². The van der Waals surface area contributed by atoms with E-state index >= 15 is 0 Å². The first kappa shape index (κ1) is 29.1. The van der Waals surface area contributed by atoms with Crippen LogP contribution in [0.1, 0.15) is 79.1 Å². The Hall–Kier alpha value is -2.86. The molecule has 0 radical (unpaired) electrons. The normalized spacial score (nSPS) is 37.0. The number of hydrogen-bond acceptors (Lipinski definition) is 6. The third-order valence-corrected chi connectivity index (χ3v) is 10.4. The molecule has 0 aliphatic heterocycles. The molecular weight excluding hydrogens is 498 g/mol. The number of carbonyl (C=O) groups is 3. The van der Waals surface area contributed by atoms with Gasteiger partial charge in [0.2, 0.25) is 5.91 Å². The lowest BCUT2D eigenvalue weighted by Gasteiger charge is -2.58. The van der Waals surface area contributed by atoms with Crippen molar-refractivity contribution in [2.45, 2.75) is 90.7 Å². The zero-order valence-electron chi connectivity index (χ0n) is 23.6. The molecule has 4 aliphatic rings. The van der Waals surface area contributed by atoms with Crippen LogP contribution in [0.2, 0.25) is 0 Å². The van der Waals surface area contributed by atoms with Crippen molar-refractivity contribution in [2.75, 3.05) is 13.2 Å². The Labute approximate surface area is 231 Å². The SMILES string of the molecule is C#C[C@@]1(O)CCC2C3CCC4=C/C(=N/OCC(=O)NC(C(=O)NCC(=O)O)C(C)C)CC[C@]4(C)C3CC[C@@]21C. The minimum atomic E-state index is -1.15. The van der Waals surface area contributed by atoms with E-state index in [1.54, 1.807) is 13.8 Å². The first-order chi connectivity index (χ1) is 18.3. The number of nitrogens with one attached hydrogen (secondary N) is 2. The Balaban J connectivity index is 1.36. The molecule has 3 fully saturated rings. The van der Waals surface area contributed by atoms with Crippen LogP contribution < -0.4 is 10.6 Å². The maximum absolute atomic E-state index is 12.4. The van der Waals surface area contributed by atoms with Gasteiger partial charge in [-0.3, -0.25) is 14.4 Å². The number of terminal acetylenes is 1. The minimum absolute atomic E-state index is 0.0886. The van der Waals surface area contributed by atoms with E-state index in [2.05, 4.69) is 41.6 Å². The maximum Gasteiger partial charge on any atom is 0.322 e. The maximum atomic E-state index is 12.4. The zero-order chi connectivity index (χ0) is 28.6. The number of oxime groups is 1. The molecule has 0 heterocycles. The van der Waals surface area contributed by atoms with Crippen molar-refractivity contribution in [3.05, 3.63) is 11.6 Å². The summed E-state index contributed by atoms with van der Waals surface area (Å²) >= 11 is 0. The molecule has 4 aliphatic carbocycles. The van der Waals surface area contributed by atoms with E-state index in [4.69, 9.17) is 16.4 Å². The van der Waals surface area contributed by atoms with Gasteiger partial charge in [0.25, 0.3) is 5.91 Å². The molecule has 214 valence electrons. The number of carboxylic acids is 1. The topological polar surface area (TPSA) is 137 Å². The molecule has 2 amide bonds. The summed E-state index contributed by atoms with van der Waals surface area (Å²) in [5.41, 5.74) is 1.10. The van der Waals surface area contributed by atoms with Crippen molar-refractivity contribution in [2.24, 2.45) is 39.7 Å². The second-order valence-corrected chi connectivity index (χ2v) is 12.8. The number of aliphatic hydroxyl groups is 1. The molecule has 0 aromatic heterocycles. The first-order valence-corrected chi connectivity index (χ1v) is 14.2. The van der Waals surface area contributed by atoms with Crippen LogP contribution in [0.3, 0.4) is 0 Å². The highest BCUT2D eigenvalue weighted by Gasteiger charge is 2.63. The third-order valence-electron chi connectivity index (χ3n) is 10.4. The molecule has 0 aromatic rings. The Bertz CT molecular complexity index is 1110. The first-order valence-electron chi connectivity index (χ1n) is 14.2. The van der Waals surface area contributed by atoms with Crippen LogP contribution in [-0.4, -0.2) is 58.5 Å². The standard InChI is InChI=1S/C30H43N3O6/c1-6-30(38)14-11-23-21-8-7-19-15-20(9-12-28(19,4)22(21)10-13-29(23,30)5)33-39-17-24(34)32-26(18(2)3)27(37)31-16-25(35)36/h1,15,18,21-23,26,38H,7-14,16-17H2,2-5H3,(H,31,37)(H,32,34)(H,35,36)/b33-20+/t21?,22?,23?,26?,28-,29-,30+/m0/s1. The van der Waals surface area contributed by atoms with E-state index in [1.165, 1.54) is 5.57 Å². The Morgan fingerprint density at radius 3 is 2.54 bits per heavy atom. The highest BCUT2D eigenvalue weighted by molar-refractivity contribution is 5.96. The molecule has 4 N–H and O–H groups in total. The van der Waals surface area contributed by atoms with E-state index in [1.807, 2.05) is 0 Å². The lowest BCUT2D eigenvalue weighted by molar-refractivity contribution is -0.138. The third kappa shape index (κ3) is 5.32. The molecule has 0 bridgehead atoms. The van der Waals surface area contributed by atoms with Crippen LogP contribution in [0, 0.1) is 46.8 Å². The Kier molecular flexibility index (Phi) is 8.18. The highest BCUT2D eigenvalue weighted by Crippen LogP contribution is 2.67. The van der Waals surface area contributed by atoms with Gasteiger partial charge in [0.15, 0.2) is 6.61 Å². The van der Waals surface area contributed by atoms with Crippen molar-refractivity contribution in [3.8, 4) is 12.3 Å². The van der Waals surface area contributed by atoms with E-state index < -0.39 is 36.0 Å². The fraction of sp³-hybridized carbons (Fsp3) is 0.733. The molecule has 4 rings (SSSR count). The van der Waals surface area contributed by atoms with Crippen molar-refractivity contribution in [3.63, 3.8) is 0 Å². The predicted molar refractivity (Wildman–Crippen MR) is 146 cm³/mol. The number of hydrogen-bond donors (Lipinski definition) is 4. The Morgan fingerprint density at radius 1 is 1.15 bits per heavy atom. The molecule has 39 heavy (non-hydrogen) atoms. The minimum Gasteiger partial charge on any atom is -0.480 e. The molecule has 0 aromatic carbocycles. The van der Waals surface area contributed by atoms with Crippen LogP contribution in [0.4, 0.5) is 0 Å². The van der Waals surface area contributed by atoms with Gasteiger partial charge in [-0.2, -0.15) is 0 Å². The smallest absolute Gasteiger partial charge is 0.322 e. The number of fused-ring (bicyclic) bond motifs is 5. The summed E-state index contributed by atoms with van der Waals surface area (Å²) in [6, 6.07) is -0.866. The van der Waals surface area contributed by atoms with Gasteiger partial charge < -0.3 is 25.7 Å². The number of carboxylic acid groups (broad SMARTS) is 1. The van der Waals surface area contributed by atoms with E-state index in [-0.39, 0.29) is 23.4 Å². The number of carbonyl (C=O) groups excluding carboxylic acids is 2. The number of allylic oxidation sites excluding steroid dienone is 2. The van der Waals surface area contributed by atoms with Crippen LogP contribution in [0.15, 0.2) is 16.8 Å². The lowest BCUT2D eigenvalue weighted by atomic mass is 9.46. The second kappa shape index (κ2) is 11.0. The van der Waals surface area contributed by atoms with Gasteiger partial charge in [-0.25, -0.2) is 0 Å². The van der Waals surface area contributed by atoms with E-state index in [0.29, 0.717) is 24.2 Å². The summed E-state index contributed by atoms with van der Waals surface area (Å²) < 4.78 is 0. The number of rotatable bonds is 8. The molecule has 0 saturated heterocycles. The fourth-order valence-electron chi connectivity index (χ4n) is 8.09. The number of nitrogens with zero attached hydrogens (tertiary/aromatic N) is 1. The molecule has 7 atom stereocenters. The van der Waals surface area contributed by atoms with Crippen LogP contribution in [-0.2, 0) is 19.2 Å². The van der Waals surface area contributed by atoms with Crippen molar-refractivity contribution < 1.29 is 29.4 Å². The Morgan fingerprint density at radius 2 is 1.87 bits per heavy atom. The van der Waals surface area contributed by atoms with Gasteiger partial charge in [-0.1, -0.05) is 44.3 Å². The summed E-state index contributed by atoms with van der Waals surface area (Å²) in [6.07, 6.45) is 15.5. The van der Waals surface area contributed by atoms with Gasteiger partial charge in [0, 0.05) is 5.41 Å². The van der Waals surface area contributed by atoms with Crippen molar-refractivity contribution in [1.29, 1.82) is 0 Å². The summed E-state index contributed by atoms with van der Waals surface area (Å²) in [5, 5.41) is 29.1. The van der Waals surface area contributed by atoms with Gasteiger partial charge in [-0.15, -0.1) is 6.42 Å².